The molecule has 3 aliphatic heterocycles. The van der Waals surface area contributed by atoms with Crippen LogP contribution < -0.4 is 10.6 Å². The van der Waals surface area contributed by atoms with Crippen LogP contribution in [0.25, 0.3) is 6.08 Å². The number of hydrogen-bond donors (Lipinski definition) is 3. The molecule has 346 valence electrons. The Balaban J connectivity index is 1.63. The number of hydrogen-bond acceptors (Lipinski definition) is 15. The fourth-order valence-corrected chi connectivity index (χ4v) is 9.34. The van der Waals surface area contributed by atoms with E-state index in [2.05, 4.69) is 20.6 Å². The number of aromatic nitrogens is 2. The van der Waals surface area contributed by atoms with Gasteiger partial charge in [-0.15, -0.1) is 0 Å². The van der Waals surface area contributed by atoms with Crippen LogP contribution in [0.5, 0.6) is 0 Å². The number of fused-ring (bicyclic) bond motifs is 1. The van der Waals surface area contributed by atoms with Gasteiger partial charge in [0.1, 0.15) is 35.8 Å². The summed E-state index contributed by atoms with van der Waals surface area (Å²) in [6, 6.07) is 7.43. The minimum Gasteiger partial charge on any atom is -0.461 e. The average Bonchev–Trinajstić information content (AvgIpc) is 3.56. The van der Waals surface area contributed by atoms with Crippen molar-refractivity contribution >= 4 is 36.0 Å². The Hall–Kier alpha value is -4.97. The number of carbonyl (C=O) groups is 5. The van der Waals surface area contributed by atoms with Gasteiger partial charge in [-0.1, -0.05) is 52.0 Å². The first kappa shape index (κ1) is 49.1. The lowest BCUT2D eigenvalue weighted by atomic mass is 9.73. The van der Waals surface area contributed by atoms with Gasteiger partial charge in [-0.3, -0.25) is 24.4 Å². The van der Waals surface area contributed by atoms with E-state index in [9.17, 15) is 29.1 Å². The van der Waals surface area contributed by atoms with Crippen molar-refractivity contribution in [2.45, 2.75) is 141 Å². The molecule has 0 bridgehead atoms. The van der Waals surface area contributed by atoms with Gasteiger partial charge in [-0.2, -0.15) is 0 Å². The number of rotatable bonds is 11. The Labute approximate surface area is 370 Å². The normalized spacial score (nSPS) is 35.5. The number of likely N-dealkylation sites (N-methyl/N-ethyl adjacent to an activating group) is 1. The summed E-state index contributed by atoms with van der Waals surface area (Å²) in [6.45, 7) is 13.5. The molecule has 0 aromatic carbocycles. The minimum atomic E-state index is -1.76. The van der Waals surface area contributed by atoms with Crippen LogP contribution in [0.15, 0.2) is 55.0 Å². The second kappa shape index (κ2) is 21.1. The molecule has 17 heteroatoms. The number of Topliss-reactive ketones (excluding diaryl/α,β-unsaturated/α-hetero) is 1. The van der Waals surface area contributed by atoms with E-state index < -0.39 is 102 Å². The van der Waals surface area contributed by atoms with Gasteiger partial charge in [0.15, 0.2) is 11.9 Å². The summed E-state index contributed by atoms with van der Waals surface area (Å²) in [4.78, 5) is 80.2. The molecule has 2 aromatic heterocycles. The standard InChI is InChI=1S/C46H65N5O12/c1-11-34-46(8)39(50-44(57)63-46)28(4)36(53)26(2)24-45(7,62-43(56)49-21-15-17-31-16-14-19-47-25-31)40(61-42-37(54)33(51(9)10)22-27(3)58-42)29(5)38(30(6)41(55)59-34)60-35(52)23-32-18-12-13-20-48-32/h12-20,25-30,33-34,37-40,42,54H,11,21-24H2,1-10H3,(H,49,56)(H,50,57)/b17-15+/t26-,27-,28+,29+,30-,33+,34-,37-,38+,39-,40-,42+,45-,46-/m1/s1. The quantitative estimate of drug-likeness (QED) is 0.207. The van der Waals surface area contributed by atoms with Crippen molar-refractivity contribution in [2.24, 2.45) is 23.7 Å². The second-order valence-corrected chi connectivity index (χ2v) is 17.8. The van der Waals surface area contributed by atoms with Gasteiger partial charge in [0, 0.05) is 48.9 Å². The number of nitrogens with one attached hydrogen (secondary N) is 2. The number of aliphatic hydroxyl groups excluding tert-OH is 1. The van der Waals surface area contributed by atoms with Crippen LogP contribution >= 0.6 is 0 Å². The van der Waals surface area contributed by atoms with Crippen molar-refractivity contribution in [1.82, 2.24) is 25.5 Å². The number of alkyl carbamates (subject to hydrolysis) is 2. The van der Waals surface area contributed by atoms with Crippen LogP contribution in [-0.4, -0.2) is 131 Å². The Morgan fingerprint density at radius 2 is 1.79 bits per heavy atom. The Morgan fingerprint density at radius 1 is 1.05 bits per heavy atom. The second-order valence-electron chi connectivity index (χ2n) is 17.8. The van der Waals surface area contributed by atoms with Crippen LogP contribution in [0.1, 0.15) is 85.9 Å². The molecule has 5 heterocycles. The molecular formula is C46H65N5O12. The van der Waals surface area contributed by atoms with Gasteiger partial charge >= 0.3 is 24.1 Å². The van der Waals surface area contributed by atoms with E-state index in [1.54, 1.807) is 103 Å². The SMILES string of the molecule is CC[C@H]1OC(=O)[C@H](C)[C@@H](OC(=O)Cc2ccccn2)[C@H](C)[C@@H](O[C@@H]2O[C@H](C)C[C@H](N(C)C)[C@H]2O)[C@](C)(OC(=O)NC/C=C/c2cccnc2)C[C@@H](C)C(=O)[C@H](C)[C@H]2NC(=O)O[C@@]21C. The lowest BCUT2D eigenvalue weighted by molar-refractivity contribution is -0.298. The smallest absolute Gasteiger partial charge is 0.408 e. The third kappa shape index (κ3) is 11.8. The molecule has 14 atom stereocenters. The molecule has 0 unspecified atom stereocenters. The van der Waals surface area contributed by atoms with Crippen molar-refractivity contribution < 1.29 is 57.5 Å². The number of cyclic esters (lactones) is 1. The molecule has 2 amide bonds. The number of nitrogens with zero attached hydrogens (tertiary/aromatic N) is 3. The maximum atomic E-state index is 14.6. The zero-order chi connectivity index (χ0) is 46.2. The Kier molecular flexibility index (Phi) is 16.5. The fraction of sp³-hybridized carbons (Fsp3) is 0.630. The molecule has 63 heavy (non-hydrogen) atoms. The van der Waals surface area contributed by atoms with E-state index in [0.29, 0.717) is 12.1 Å². The summed E-state index contributed by atoms with van der Waals surface area (Å²) in [6.07, 6.45) is 0.488. The summed E-state index contributed by atoms with van der Waals surface area (Å²) in [5, 5.41) is 17.3. The number of ether oxygens (including phenoxy) is 6. The van der Waals surface area contributed by atoms with E-state index in [1.807, 2.05) is 32.0 Å². The lowest BCUT2D eigenvalue weighted by Gasteiger charge is -2.48. The first-order valence-corrected chi connectivity index (χ1v) is 21.8. The minimum absolute atomic E-state index is 0.0536. The highest BCUT2D eigenvalue weighted by Crippen LogP contribution is 2.42. The van der Waals surface area contributed by atoms with Gasteiger partial charge < -0.3 is 49.1 Å². The first-order chi connectivity index (χ1) is 29.8. The van der Waals surface area contributed by atoms with Crippen LogP contribution in [-0.2, 0) is 49.2 Å². The molecule has 3 saturated heterocycles. The van der Waals surface area contributed by atoms with Crippen molar-refractivity contribution in [3.8, 4) is 0 Å². The maximum Gasteiger partial charge on any atom is 0.408 e. The van der Waals surface area contributed by atoms with Gasteiger partial charge in [0.2, 0.25) is 0 Å². The van der Waals surface area contributed by atoms with Crippen molar-refractivity contribution in [1.29, 1.82) is 0 Å². The van der Waals surface area contributed by atoms with E-state index in [0.717, 1.165) is 5.56 Å². The van der Waals surface area contributed by atoms with Crippen LogP contribution in [0, 0.1) is 23.7 Å². The molecule has 0 radical (unpaired) electrons. The number of amides is 2. The number of ketones is 1. The van der Waals surface area contributed by atoms with Gasteiger partial charge in [0.05, 0.1) is 30.2 Å². The Morgan fingerprint density at radius 3 is 2.44 bits per heavy atom. The number of carbonyl (C=O) groups excluding carboxylic acids is 5. The van der Waals surface area contributed by atoms with Gasteiger partial charge in [-0.05, 0) is 84.8 Å². The monoisotopic (exact) mass is 879 g/mol. The topological polar surface area (TPSA) is 214 Å². The molecule has 0 aliphatic carbocycles. The molecule has 3 aliphatic rings. The van der Waals surface area contributed by atoms with E-state index in [4.69, 9.17) is 28.4 Å². The zero-order valence-corrected chi connectivity index (χ0v) is 38.0. The molecule has 3 fully saturated rings. The highest BCUT2D eigenvalue weighted by atomic mass is 16.7. The van der Waals surface area contributed by atoms with Crippen LogP contribution in [0.2, 0.25) is 0 Å². The zero-order valence-electron chi connectivity index (χ0n) is 38.0. The molecule has 2 aromatic rings. The third-order valence-electron chi connectivity index (χ3n) is 12.6. The maximum absolute atomic E-state index is 14.6. The van der Waals surface area contributed by atoms with Crippen molar-refractivity contribution in [3.63, 3.8) is 0 Å². The predicted molar refractivity (Wildman–Crippen MR) is 230 cm³/mol. The van der Waals surface area contributed by atoms with E-state index in [1.165, 1.54) is 0 Å². The van der Waals surface area contributed by atoms with Crippen LogP contribution in [0.3, 0.4) is 0 Å². The van der Waals surface area contributed by atoms with Gasteiger partial charge in [-0.25, -0.2) is 9.59 Å². The lowest BCUT2D eigenvalue weighted by Crippen LogP contribution is -2.61. The highest BCUT2D eigenvalue weighted by molar-refractivity contribution is 5.85. The number of aliphatic hydroxyl groups is 1. The third-order valence-corrected chi connectivity index (χ3v) is 12.6. The summed E-state index contributed by atoms with van der Waals surface area (Å²) in [7, 11) is 3.66. The average molecular weight is 880 g/mol. The van der Waals surface area contributed by atoms with Crippen molar-refractivity contribution in [2.75, 3.05) is 20.6 Å². The van der Waals surface area contributed by atoms with Gasteiger partial charge in [0.25, 0.3) is 0 Å². The van der Waals surface area contributed by atoms with E-state index >= 15 is 0 Å². The molecule has 0 spiro atoms. The highest BCUT2D eigenvalue weighted by Gasteiger charge is 2.58. The fourth-order valence-electron chi connectivity index (χ4n) is 9.34. The predicted octanol–water partition coefficient (Wildman–Crippen LogP) is 4.65. The van der Waals surface area contributed by atoms with Crippen molar-refractivity contribution in [3.05, 3.63) is 66.3 Å². The number of pyridine rings is 2. The summed E-state index contributed by atoms with van der Waals surface area (Å²) < 4.78 is 37.8. The molecule has 3 N–H and O–H groups in total. The number of esters is 2. The van der Waals surface area contributed by atoms with Crippen LogP contribution in [0.4, 0.5) is 9.59 Å². The Bertz CT molecular complexity index is 1920. The van der Waals surface area contributed by atoms with E-state index in [-0.39, 0.29) is 37.7 Å². The molecule has 17 nitrogen and oxygen atoms in total. The summed E-state index contributed by atoms with van der Waals surface area (Å²) >= 11 is 0. The summed E-state index contributed by atoms with van der Waals surface area (Å²) in [5.41, 5.74) is -2.00. The summed E-state index contributed by atoms with van der Waals surface area (Å²) in [5.74, 6) is -5.76. The molecule has 0 saturated carbocycles. The largest absolute Gasteiger partial charge is 0.461 e. The first-order valence-electron chi connectivity index (χ1n) is 21.8. The molecule has 5 rings (SSSR count). The molecular weight excluding hydrogens is 815 g/mol.